The average Bonchev–Trinajstić information content (AvgIpc) is 3.54. The van der Waals surface area contributed by atoms with Gasteiger partial charge in [0.05, 0.1) is 18.8 Å². The summed E-state index contributed by atoms with van der Waals surface area (Å²) in [7, 11) is -2.06. The zero-order valence-electron chi connectivity index (χ0n) is 19.1. The van der Waals surface area contributed by atoms with E-state index in [-0.39, 0.29) is 0 Å². The molecule has 0 amide bonds. The van der Waals surface area contributed by atoms with Crippen LogP contribution in [0.25, 0.3) is 11.0 Å². The molecule has 2 unspecified atom stereocenters. The summed E-state index contributed by atoms with van der Waals surface area (Å²) >= 11 is 0. The molecule has 0 fully saturated rings. The Bertz CT molecular complexity index is 1180. The summed E-state index contributed by atoms with van der Waals surface area (Å²) in [6, 6.07) is 23.1. The molecule has 2 heterocycles. The SMILES string of the molecule is C=C(O/C=C\C)P(c1ccco1)N(CCCC)P(c1ccccc1)c1cccc2ccoc12. The van der Waals surface area contributed by atoms with Crippen LogP contribution in [0.15, 0.2) is 113 Å². The lowest BCUT2D eigenvalue weighted by atomic mass is 10.3. The van der Waals surface area contributed by atoms with Crippen LogP contribution < -0.4 is 16.1 Å². The van der Waals surface area contributed by atoms with Crippen molar-refractivity contribution in [3.63, 3.8) is 0 Å². The maximum Gasteiger partial charge on any atom is 0.148 e. The Labute approximate surface area is 198 Å². The summed E-state index contributed by atoms with van der Waals surface area (Å²) in [5.74, 6) is 0. The summed E-state index contributed by atoms with van der Waals surface area (Å²) in [4.78, 5) is 0. The lowest BCUT2D eigenvalue weighted by Crippen LogP contribution is -2.29. The smallest absolute Gasteiger partial charge is 0.148 e. The molecule has 6 heteroatoms. The topological polar surface area (TPSA) is 38.8 Å². The fourth-order valence-corrected chi connectivity index (χ4v) is 9.34. The van der Waals surface area contributed by atoms with E-state index < -0.39 is 16.1 Å². The monoisotopic (exact) mass is 477 g/mol. The van der Waals surface area contributed by atoms with Crippen molar-refractivity contribution in [2.45, 2.75) is 26.7 Å². The summed E-state index contributed by atoms with van der Waals surface area (Å²) in [5, 5.41) is 3.55. The predicted octanol–water partition coefficient (Wildman–Crippen LogP) is 7.22. The van der Waals surface area contributed by atoms with E-state index in [1.165, 1.54) is 10.6 Å². The maximum absolute atomic E-state index is 6.01. The molecule has 33 heavy (non-hydrogen) atoms. The number of ether oxygens (including phenoxy) is 1. The molecule has 0 aliphatic rings. The Hall–Kier alpha value is -2.64. The van der Waals surface area contributed by atoms with Crippen molar-refractivity contribution in [3.8, 4) is 0 Å². The molecule has 0 aliphatic carbocycles. The van der Waals surface area contributed by atoms with Crippen LogP contribution in [0, 0.1) is 0 Å². The van der Waals surface area contributed by atoms with Gasteiger partial charge in [0.25, 0.3) is 0 Å². The van der Waals surface area contributed by atoms with Crippen molar-refractivity contribution >= 4 is 43.2 Å². The van der Waals surface area contributed by atoms with E-state index in [1.807, 2.05) is 31.2 Å². The van der Waals surface area contributed by atoms with Crippen LogP contribution in [0.2, 0.25) is 0 Å². The average molecular weight is 477 g/mol. The third-order valence-electron chi connectivity index (χ3n) is 5.15. The van der Waals surface area contributed by atoms with Crippen LogP contribution in [0.5, 0.6) is 0 Å². The van der Waals surface area contributed by atoms with Crippen molar-refractivity contribution in [1.29, 1.82) is 0 Å². The first kappa shape index (κ1) is 23.5. The molecular formula is C27H29NO3P2. The molecule has 0 saturated carbocycles. The maximum atomic E-state index is 6.01. The molecular weight excluding hydrogens is 448 g/mol. The molecule has 0 N–H and O–H groups in total. The highest BCUT2D eigenvalue weighted by molar-refractivity contribution is 7.83. The van der Waals surface area contributed by atoms with Gasteiger partial charge >= 0.3 is 0 Å². The highest BCUT2D eigenvalue weighted by Gasteiger charge is 2.35. The number of unbranched alkanes of at least 4 members (excludes halogenated alkanes) is 1. The van der Waals surface area contributed by atoms with Crippen LogP contribution in [0.1, 0.15) is 26.7 Å². The first-order valence-corrected chi connectivity index (χ1v) is 13.7. The van der Waals surface area contributed by atoms with Gasteiger partial charge in [0.15, 0.2) is 0 Å². The Morgan fingerprint density at radius 3 is 2.58 bits per heavy atom. The second-order valence-electron chi connectivity index (χ2n) is 7.46. The van der Waals surface area contributed by atoms with Crippen LogP contribution in [0.4, 0.5) is 0 Å². The van der Waals surface area contributed by atoms with Gasteiger partial charge in [0.1, 0.15) is 24.7 Å². The molecule has 2 atom stereocenters. The molecule has 0 bridgehead atoms. The van der Waals surface area contributed by atoms with E-state index >= 15 is 0 Å². The van der Waals surface area contributed by atoms with Gasteiger partial charge in [-0.2, -0.15) is 0 Å². The number of furan rings is 2. The first-order chi connectivity index (χ1) is 16.2. The van der Waals surface area contributed by atoms with Gasteiger partial charge in [0, 0.05) is 25.3 Å². The number of hydrogen-bond donors (Lipinski definition) is 0. The fourth-order valence-electron chi connectivity index (χ4n) is 3.65. The minimum atomic E-state index is -1.11. The van der Waals surface area contributed by atoms with Gasteiger partial charge in [-0.25, -0.2) is 4.44 Å². The van der Waals surface area contributed by atoms with Gasteiger partial charge in [-0.3, -0.25) is 0 Å². The lowest BCUT2D eigenvalue weighted by Gasteiger charge is -2.37. The summed E-state index contributed by atoms with van der Waals surface area (Å²) in [6.45, 7) is 9.38. The van der Waals surface area contributed by atoms with E-state index in [0.29, 0.717) is 5.50 Å². The van der Waals surface area contributed by atoms with Gasteiger partial charge in [-0.05, 0) is 42.9 Å². The molecule has 170 valence electrons. The van der Waals surface area contributed by atoms with Crippen molar-refractivity contribution in [2.24, 2.45) is 0 Å². The van der Waals surface area contributed by atoms with Crippen molar-refractivity contribution in [1.82, 2.24) is 4.44 Å². The minimum Gasteiger partial charge on any atom is -0.464 e. The number of nitrogens with zero attached hydrogens (tertiary/aromatic N) is 1. The second-order valence-corrected chi connectivity index (χ2v) is 11.9. The normalized spacial score (nSPS) is 13.5. The molecule has 0 spiro atoms. The first-order valence-electron chi connectivity index (χ1n) is 11.1. The molecule has 0 aliphatic heterocycles. The van der Waals surface area contributed by atoms with Crippen LogP contribution in [-0.2, 0) is 4.74 Å². The Morgan fingerprint density at radius 2 is 1.85 bits per heavy atom. The van der Waals surface area contributed by atoms with Gasteiger partial charge in [-0.1, -0.05) is 68.5 Å². The summed E-state index contributed by atoms with van der Waals surface area (Å²) in [6.07, 6.45) is 9.20. The van der Waals surface area contributed by atoms with E-state index in [4.69, 9.17) is 13.6 Å². The van der Waals surface area contributed by atoms with Gasteiger partial charge in [0.2, 0.25) is 0 Å². The summed E-state index contributed by atoms with van der Waals surface area (Å²) < 4.78 is 20.5. The second kappa shape index (κ2) is 11.5. The lowest BCUT2D eigenvalue weighted by molar-refractivity contribution is 0.383. The van der Waals surface area contributed by atoms with Crippen molar-refractivity contribution in [2.75, 3.05) is 6.54 Å². The van der Waals surface area contributed by atoms with E-state index in [2.05, 4.69) is 66.5 Å². The number of hydrogen-bond acceptors (Lipinski definition) is 4. The fraction of sp³-hybridized carbons (Fsp3) is 0.185. The highest BCUT2D eigenvalue weighted by Crippen LogP contribution is 2.59. The number of rotatable bonds is 11. The van der Waals surface area contributed by atoms with E-state index in [0.717, 1.165) is 35.9 Å². The number of benzene rings is 2. The Balaban J connectivity index is 1.91. The highest BCUT2D eigenvalue weighted by atomic mass is 31.2. The molecule has 0 saturated heterocycles. The van der Waals surface area contributed by atoms with Crippen LogP contribution >= 0.6 is 16.1 Å². The Kier molecular flexibility index (Phi) is 8.18. The standard InChI is InChI=1S/C27H29NO3P2/c1-4-6-18-28(32(22(3)29-19-5-2)26-16-11-20-30-26)33(24-13-8-7-9-14-24)25-15-10-12-23-17-21-31-27(23)25/h5,7-17,19-21H,3-4,6,18H2,1-2H3/b19-5-. The predicted molar refractivity (Wildman–Crippen MR) is 141 cm³/mol. The van der Waals surface area contributed by atoms with E-state index in [9.17, 15) is 0 Å². The van der Waals surface area contributed by atoms with Crippen molar-refractivity contribution in [3.05, 3.63) is 104 Å². The number of para-hydroxylation sites is 1. The molecule has 4 aromatic rings. The van der Waals surface area contributed by atoms with Crippen LogP contribution in [0.3, 0.4) is 0 Å². The molecule has 2 aromatic carbocycles. The third kappa shape index (κ3) is 5.31. The molecule has 0 radical (unpaired) electrons. The molecule has 4 nitrogen and oxygen atoms in total. The van der Waals surface area contributed by atoms with E-state index in [1.54, 1.807) is 18.8 Å². The van der Waals surface area contributed by atoms with Gasteiger partial charge < -0.3 is 13.6 Å². The quantitative estimate of drug-likeness (QED) is 0.169. The third-order valence-corrected chi connectivity index (χ3v) is 10.4. The summed E-state index contributed by atoms with van der Waals surface area (Å²) in [5.41, 5.74) is 2.51. The minimum absolute atomic E-state index is 0.698. The van der Waals surface area contributed by atoms with Gasteiger partial charge in [-0.15, -0.1) is 0 Å². The zero-order valence-corrected chi connectivity index (χ0v) is 20.8. The van der Waals surface area contributed by atoms with Crippen molar-refractivity contribution < 1.29 is 13.6 Å². The Morgan fingerprint density at radius 1 is 1.00 bits per heavy atom. The largest absolute Gasteiger partial charge is 0.464 e. The molecule has 2 aromatic heterocycles. The molecule has 4 rings (SSSR count). The van der Waals surface area contributed by atoms with Crippen LogP contribution in [-0.4, -0.2) is 11.0 Å². The number of fused-ring (bicyclic) bond motifs is 1. The zero-order chi connectivity index (χ0) is 23.0. The number of allylic oxidation sites excluding steroid dienone is 1.